The molecule has 0 heterocycles. The molecule has 0 aromatic carbocycles. The van der Waals surface area contributed by atoms with E-state index in [1.54, 1.807) is 6.92 Å². The third-order valence-corrected chi connectivity index (χ3v) is 3.22. The summed E-state index contributed by atoms with van der Waals surface area (Å²) in [6.45, 7) is 1.66. The van der Waals surface area contributed by atoms with Crippen molar-refractivity contribution in [3.05, 3.63) is 0 Å². The highest BCUT2D eigenvalue weighted by Crippen LogP contribution is 2.40. The molecule has 0 rings (SSSR count). The summed E-state index contributed by atoms with van der Waals surface area (Å²) in [5, 5.41) is 0. The van der Waals surface area contributed by atoms with Gasteiger partial charge in [0, 0.05) is 6.16 Å². The average Bonchev–Trinajstić information content (AvgIpc) is 1.86. The van der Waals surface area contributed by atoms with Crippen molar-refractivity contribution in [2.24, 2.45) is 5.73 Å². The summed E-state index contributed by atoms with van der Waals surface area (Å²) in [5.41, 5.74) is 4.99. The van der Waals surface area contributed by atoms with Gasteiger partial charge >= 0.3 is 0 Å². The Hall–Kier alpha value is -0.180. The normalized spacial score (nSPS) is 15.9. The lowest BCUT2D eigenvalue weighted by molar-refractivity contribution is -0.115. The summed E-state index contributed by atoms with van der Waals surface area (Å²) in [6.07, 6.45) is 0.557. The van der Waals surface area contributed by atoms with Gasteiger partial charge in [0.25, 0.3) is 0 Å². The monoisotopic (exact) mass is 179 g/mol. The number of Topliss-reactive ketones (excluding diaryl/α,β-unsaturated/α-hetero) is 1. The van der Waals surface area contributed by atoms with E-state index in [0.717, 1.165) is 0 Å². The second kappa shape index (κ2) is 4.65. The largest absolute Gasteiger partial charge is 0.344 e. The first kappa shape index (κ1) is 10.8. The highest BCUT2D eigenvalue weighted by Gasteiger charge is 2.19. The van der Waals surface area contributed by atoms with Crippen LogP contribution in [0.5, 0.6) is 0 Å². The fourth-order valence-corrected chi connectivity index (χ4v) is 2.31. The predicted molar refractivity (Wildman–Crippen MR) is 43.9 cm³/mol. The van der Waals surface area contributed by atoms with Crippen molar-refractivity contribution in [2.75, 3.05) is 18.9 Å². The van der Waals surface area contributed by atoms with Crippen molar-refractivity contribution in [2.45, 2.75) is 13.3 Å². The minimum atomic E-state index is -3.19. The third-order valence-electron chi connectivity index (χ3n) is 1.22. The number of hydrogen-bond donors (Lipinski definition) is 2. The van der Waals surface area contributed by atoms with E-state index >= 15 is 0 Å². The molecular formula is C6H14NO3P. The Morgan fingerprint density at radius 3 is 2.55 bits per heavy atom. The fraction of sp³-hybridized carbons (Fsp3) is 0.833. The van der Waals surface area contributed by atoms with Crippen LogP contribution in [0.15, 0.2) is 0 Å². The van der Waals surface area contributed by atoms with Crippen LogP contribution in [0.4, 0.5) is 0 Å². The van der Waals surface area contributed by atoms with Gasteiger partial charge in [0.05, 0.1) is 12.7 Å². The first-order chi connectivity index (χ1) is 5.02. The molecule has 0 radical (unpaired) electrons. The summed E-state index contributed by atoms with van der Waals surface area (Å²) in [5.74, 6) is -0.343. The maximum absolute atomic E-state index is 11.1. The second-order valence-corrected chi connectivity index (χ2v) is 4.93. The SMILES string of the molecule is CCCP(=O)(O)CC(=O)CN. The van der Waals surface area contributed by atoms with Gasteiger partial charge in [0.2, 0.25) is 7.37 Å². The van der Waals surface area contributed by atoms with Gasteiger partial charge in [0.15, 0.2) is 5.78 Å². The lowest BCUT2D eigenvalue weighted by Crippen LogP contribution is -2.18. The van der Waals surface area contributed by atoms with Crippen molar-refractivity contribution in [1.82, 2.24) is 0 Å². The smallest absolute Gasteiger partial charge is 0.207 e. The van der Waals surface area contributed by atoms with E-state index in [0.29, 0.717) is 6.42 Å². The Morgan fingerprint density at radius 1 is 1.64 bits per heavy atom. The van der Waals surface area contributed by atoms with Gasteiger partial charge in [-0.2, -0.15) is 0 Å². The number of rotatable bonds is 5. The van der Waals surface area contributed by atoms with Crippen LogP contribution in [0.3, 0.4) is 0 Å². The van der Waals surface area contributed by atoms with Crippen LogP contribution < -0.4 is 5.73 Å². The molecule has 1 atom stereocenters. The van der Waals surface area contributed by atoms with Crippen LogP contribution in [-0.4, -0.2) is 29.5 Å². The molecule has 0 amide bonds. The molecule has 0 fully saturated rings. The molecule has 0 aromatic rings. The van der Waals surface area contributed by atoms with Gasteiger partial charge < -0.3 is 10.6 Å². The molecule has 0 bridgehead atoms. The predicted octanol–water partition coefficient (Wildman–Crippen LogP) is 0.195. The van der Waals surface area contributed by atoms with E-state index < -0.39 is 7.37 Å². The van der Waals surface area contributed by atoms with Crippen LogP contribution in [0.2, 0.25) is 0 Å². The molecule has 11 heavy (non-hydrogen) atoms. The van der Waals surface area contributed by atoms with E-state index in [4.69, 9.17) is 10.6 Å². The minimum Gasteiger partial charge on any atom is -0.344 e. The number of carbonyl (C=O) groups is 1. The van der Waals surface area contributed by atoms with Crippen LogP contribution in [0.1, 0.15) is 13.3 Å². The van der Waals surface area contributed by atoms with Crippen LogP contribution in [-0.2, 0) is 9.36 Å². The Morgan fingerprint density at radius 2 is 2.18 bits per heavy atom. The maximum atomic E-state index is 11.1. The molecular weight excluding hydrogens is 165 g/mol. The van der Waals surface area contributed by atoms with E-state index in [1.807, 2.05) is 0 Å². The zero-order chi connectivity index (χ0) is 8.91. The van der Waals surface area contributed by atoms with E-state index in [-0.39, 0.29) is 24.7 Å². The molecule has 0 saturated heterocycles. The first-order valence-electron chi connectivity index (χ1n) is 3.54. The molecule has 3 N–H and O–H groups in total. The number of nitrogens with two attached hydrogens (primary N) is 1. The fourth-order valence-electron chi connectivity index (χ4n) is 0.769. The third kappa shape index (κ3) is 5.13. The van der Waals surface area contributed by atoms with E-state index in [1.165, 1.54) is 0 Å². The molecule has 0 aromatic heterocycles. The highest BCUT2D eigenvalue weighted by atomic mass is 31.2. The Kier molecular flexibility index (Phi) is 4.57. The second-order valence-electron chi connectivity index (χ2n) is 2.47. The lowest BCUT2D eigenvalue weighted by Gasteiger charge is -2.07. The molecule has 1 unspecified atom stereocenters. The Labute approximate surface area is 66.2 Å². The Balaban J connectivity index is 3.91. The van der Waals surface area contributed by atoms with E-state index in [2.05, 4.69) is 0 Å². The molecule has 4 nitrogen and oxygen atoms in total. The molecule has 0 saturated carbocycles. The maximum Gasteiger partial charge on any atom is 0.207 e. The van der Waals surface area contributed by atoms with Gasteiger partial charge in [-0.25, -0.2) is 0 Å². The van der Waals surface area contributed by atoms with Gasteiger partial charge in [0.1, 0.15) is 0 Å². The number of hydrogen-bond acceptors (Lipinski definition) is 3. The lowest BCUT2D eigenvalue weighted by atomic mass is 10.5. The topological polar surface area (TPSA) is 80.4 Å². The van der Waals surface area contributed by atoms with Crippen molar-refractivity contribution in [3.8, 4) is 0 Å². The van der Waals surface area contributed by atoms with Crippen LogP contribution >= 0.6 is 7.37 Å². The van der Waals surface area contributed by atoms with Crippen molar-refractivity contribution < 1.29 is 14.3 Å². The van der Waals surface area contributed by atoms with Crippen molar-refractivity contribution >= 4 is 13.2 Å². The molecule has 0 spiro atoms. The van der Waals surface area contributed by atoms with Gasteiger partial charge in [-0.15, -0.1) is 0 Å². The quantitative estimate of drug-likeness (QED) is 0.590. The number of carbonyl (C=O) groups excluding carboxylic acids is 1. The molecule has 0 aliphatic rings. The van der Waals surface area contributed by atoms with Gasteiger partial charge in [-0.1, -0.05) is 6.92 Å². The van der Waals surface area contributed by atoms with E-state index in [9.17, 15) is 9.36 Å². The van der Waals surface area contributed by atoms with Crippen LogP contribution in [0, 0.1) is 0 Å². The molecule has 66 valence electrons. The molecule has 0 aliphatic carbocycles. The highest BCUT2D eigenvalue weighted by molar-refractivity contribution is 7.58. The zero-order valence-corrected chi connectivity index (χ0v) is 7.51. The van der Waals surface area contributed by atoms with Crippen LogP contribution in [0.25, 0.3) is 0 Å². The summed E-state index contributed by atoms with van der Waals surface area (Å²) in [4.78, 5) is 19.7. The summed E-state index contributed by atoms with van der Waals surface area (Å²) < 4.78 is 11.1. The van der Waals surface area contributed by atoms with Crippen molar-refractivity contribution in [3.63, 3.8) is 0 Å². The van der Waals surface area contributed by atoms with Gasteiger partial charge in [-0.3, -0.25) is 9.36 Å². The minimum absolute atomic E-state index is 0.145. The average molecular weight is 179 g/mol. The summed E-state index contributed by atoms with van der Waals surface area (Å²) in [7, 11) is -3.19. The molecule has 5 heteroatoms. The van der Waals surface area contributed by atoms with Crippen molar-refractivity contribution in [1.29, 1.82) is 0 Å². The van der Waals surface area contributed by atoms with Gasteiger partial charge in [-0.05, 0) is 6.42 Å². The zero-order valence-electron chi connectivity index (χ0n) is 6.62. The Bertz CT molecular complexity index is 181. The summed E-state index contributed by atoms with van der Waals surface area (Å²) >= 11 is 0. The first-order valence-corrected chi connectivity index (χ1v) is 5.57. The number of ketones is 1. The summed E-state index contributed by atoms with van der Waals surface area (Å²) in [6, 6.07) is 0. The molecule has 0 aliphatic heterocycles. The standard InChI is InChI=1S/C6H14NO3P/c1-2-3-11(9,10)5-6(8)4-7/h2-5,7H2,1H3,(H,9,10).